The summed E-state index contributed by atoms with van der Waals surface area (Å²) in [6, 6.07) is 0. The van der Waals surface area contributed by atoms with Crippen LogP contribution in [0.5, 0.6) is 0 Å². The van der Waals surface area contributed by atoms with Crippen LogP contribution in [-0.4, -0.2) is 29.8 Å². The molecule has 0 aromatic rings. The molecule has 64 valence electrons. The average Bonchev–Trinajstić information content (AvgIpc) is 1.62. The fourth-order valence-corrected chi connectivity index (χ4v) is 0.258. The van der Waals surface area contributed by atoms with Crippen LogP contribution in [0.3, 0.4) is 0 Å². The summed E-state index contributed by atoms with van der Waals surface area (Å²) in [4.78, 5) is 0. The third kappa shape index (κ3) is 55.8. The van der Waals surface area contributed by atoms with Gasteiger partial charge in [-0.2, -0.15) is 0 Å². The summed E-state index contributed by atoms with van der Waals surface area (Å²) in [6.45, 7) is 1.90. The first-order valence-corrected chi connectivity index (χ1v) is 3.68. The molecule has 0 spiro atoms. The van der Waals surface area contributed by atoms with E-state index in [9.17, 15) is 0 Å². The van der Waals surface area contributed by atoms with Gasteiger partial charge in [-0.1, -0.05) is 13.3 Å². The van der Waals surface area contributed by atoms with E-state index in [0.717, 1.165) is 6.42 Å². The molecule has 7 heteroatoms. The molecule has 0 rings (SSSR count). The molecule has 0 amide bonds. The van der Waals surface area contributed by atoms with Crippen LogP contribution in [0.4, 0.5) is 0 Å². The maximum atomic E-state index is 8.56. The van der Waals surface area contributed by atoms with Crippen molar-refractivity contribution in [3.05, 3.63) is 0 Å². The van der Waals surface area contributed by atoms with E-state index < -0.39 is 17.7 Å². The minimum atomic E-state index is -2.86. The third-order valence-corrected chi connectivity index (χ3v) is 0.547. The first-order chi connectivity index (χ1) is 4.50. The number of aliphatic hydroxyl groups excluding tert-OH is 1. The maximum absolute atomic E-state index is 8.56. The number of rotatable bonds is 2. The zero-order valence-corrected chi connectivity index (χ0v) is 9.37. The number of hydrogen-bond donors (Lipinski definition) is 3. The van der Waals surface area contributed by atoms with Gasteiger partial charge in [-0.05, 0) is 6.42 Å². The fraction of sp³-hybridized carbons (Fsp3) is 1.00. The Kier molecular flexibility index (Phi) is 22.1. The minimum absolute atomic E-state index is 0. The third-order valence-electron chi connectivity index (χ3n) is 0.547. The van der Waals surface area contributed by atoms with Crippen LogP contribution in [0.15, 0.2) is 0 Å². The van der Waals surface area contributed by atoms with E-state index in [1.807, 2.05) is 6.92 Å². The number of aliphatic hydroxyl groups is 2. The van der Waals surface area contributed by atoms with E-state index in [1.165, 1.54) is 0 Å². The van der Waals surface area contributed by atoms with Gasteiger partial charge in [-0.25, -0.2) is 4.21 Å². The van der Waals surface area contributed by atoms with Gasteiger partial charge in [-0.3, -0.25) is 0 Å². The molecule has 0 saturated carbocycles. The van der Waals surface area contributed by atoms with Gasteiger partial charge in [0.1, 0.15) is 0 Å². The van der Waals surface area contributed by atoms with Gasteiger partial charge in [0.2, 0.25) is 0 Å². The van der Waals surface area contributed by atoms with Crippen molar-refractivity contribution in [1.29, 1.82) is 0 Å². The standard InChI is InChI=1S/C4H10O2.Na.H2O3S/c1-2-3-4(5)6;;1-4(2)3/h4-6H,2-3H2,1H3;;(H2,1,2,3)/q;+1;/p-1. The molecule has 11 heavy (non-hydrogen) atoms. The Morgan fingerprint density at radius 3 is 1.82 bits per heavy atom. The second-order valence-corrected chi connectivity index (χ2v) is 1.92. The van der Waals surface area contributed by atoms with Crippen LogP contribution in [-0.2, 0) is 11.4 Å². The molecule has 0 saturated heterocycles. The average molecular weight is 194 g/mol. The first-order valence-electron chi connectivity index (χ1n) is 2.65. The zero-order valence-electron chi connectivity index (χ0n) is 6.56. The van der Waals surface area contributed by atoms with Crippen molar-refractivity contribution in [2.75, 3.05) is 0 Å². The van der Waals surface area contributed by atoms with Crippen molar-refractivity contribution in [2.24, 2.45) is 0 Å². The van der Waals surface area contributed by atoms with Crippen LogP contribution in [0.1, 0.15) is 19.8 Å². The zero-order chi connectivity index (χ0) is 8.57. The predicted molar refractivity (Wildman–Crippen MR) is 34.7 cm³/mol. The van der Waals surface area contributed by atoms with Gasteiger partial charge in [0.15, 0.2) is 6.29 Å². The molecule has 5 nitrogen and oxygen atoms in total. The molecular formula is C4H11NaO5S. The van der Waals surface area contributed by atoms with Crippen molar-refractivity contribution >= 4 is 11.4 Å². The molecular weight excluding hydrogens is 183 g/mol. The molecule has 1 atom stereocenters. The summed E-state index contributed by atoms with van der Waals surface area (Å²) in [5.74, 6) is 0. The quantitative estimate of drug-likeness (QED) is 0.240. The topological polar surface area (TPSA) is 101 Å². The Morgan fingerprint density at radius 1 is 1.55 bits per heavy atom. The van der Waals surface area contributed by atoms with E-state index in [1.54, 1.807) is 0 Å². The molecule has 0 fully saturated rings. The van der Waals surface area contributed by atoms with Gasteiger partial charge in [0, 0.05) is 0 Å². The molecule has 1 unspecified atom stereocenters. The van der Waals surface area contributed by atoms with Crippen molar-refractivity contribution in [3.63, 3.8) is 0 Å². The van der Waals surface area contributed by atoms with Gasteiger partial charge >= 0.3 is 29.6 Å². The Labute approximate surface area is 90.2 Å². The van der Waals surface area contributed by atoms with Crippen molar-refractivity contribution < 1.29 is 53.1 Å². The van der Waals surface area contributed by atoms with Crippen LogP contribution < -0.4 is 29.6 Å². The molecule has 0 aliphatic carbocycles. The van der Waals surface area contributed by atoms with E-state index in [-0.39, 0.29) is 29.6 Å². The summed E-state index contributed by atoms with van der Waals surface area (Å²) in [5, 5.41) is 16.2. The molecule has 0 radical (unpaired) electrons. The predicted octanol–water partition coefficient (Wildman–Crippen LogP) is -3.56. The number of hydrogen-bond acceptors (Lipinski definition) is 4. The summed E-state index contributed by atoms with van der Waals surface area (Å²) in [6.07, 6.45) is 0.215. The maximum Gasteiger partial charge on any atom is 1.00 e. The largest absolute Gasteiger partial charge is 1.00 e. The van der Waals surface area contributed by atoms with Crippen LogP contribution >= 0.6 is 0 Å². The van der Waals surface area contributed by atoms with Crippen LogP contribution in [0, 0.1) is 0 Å². The normalized spacial score (nSPS) is 11.1. The molecule has 0 aliphatic heterocycles. The SMILES string of the molecule is CCCC(O)O.O=S([O-])O.[Na+]. The second-order valence-electron chi connectivity index (χ2n) is 1.49. The Bertz CT molecular complexity index is 84.6. The van der Waals surface area contributed by atoms with Gasteiger partial charge in [0.05, 0.1) is 11.4 Å². The first kappa shape index (κ1) is 17.9. The van der Waals surface area contributed by atoms with E-state index in [0.29, 0.717) is 6.42 Å². The summed E-state index contributed by atoms with van der Waals surface area (Å²) < 4.78 is 24.1. The monoisotopic (exact) mass is 194 g/mol. The van der Waals surface area contributed by atoms with Gasteiger partial charge in [0.25, 0.3) is 0 Å². The van der Waals surface area contributed by atoms with Crippen LogP contribution in [0.2, 0.25) is 0 Å². The van der Waals surface area contributed by atoms with Gasteiger partial charge in [-0.15, -0.1) is 0 Å². The Morgan fingerprint density at radius 2 is 1.82 bits per heavy atom. The van der Waals surface area contributed by atoms with E-state index in [4.69, 9.17) is 23.5 Å². The molecule has 0 heterocycles. The summed E-state index contributed by atoms with van der Waals surface area (Å²) in [5.41, 5.74) is 0. The minimum Gasteiger partial charge on any atom is -0.750 e. The molecule has 0 aliphatic rings. The summed E-state index contributed by atoms with van der Waals surface area (Å²) in [7, 11) is 0. The Balaban J connectivity index is -0.000000114. The summed E-state index contributed by atoms with van der Waals surface area (Å²) >= 11 is -2.86. The molecule has 0 bridgehead atoms. The molecule has 0 aromatic heterocycles. The molecule has 3 N–H and O–H groups in total. The molecule has 0 aromatic carbocycles. The second kappa shape index (κ2) is 13.6. The fourth-order valence-electron chi connectivity index (χ4n) is 0.258. The van der Waals surface area contributed by atoms with Crippen molar-refractivity contribution in [1.82, 2.24) is 0 Å². The smallest absolute Gasteiger partial charge is 0.750 e. The van der Waals surface area contributed by atoms with Crippen molar-refractivity contribution in [3.8, 4) is 0 Å². The van der Waals surface area contributed by atoms with Crippen molar-refractivity contribution in [2.45, 2.75) is 26.1 Å². The van der Waals surface area contributed by atoms with Gasteiger partial charge < -0.3 is 19.3 Å². The Hall–Kier alpha value is 0.990. The van der Waals surface area contributed by atoms with E-state index in [2.05, 4.69) is 0 Å². The van der Waals surface area contributed by atoms with Crippen LogP contribution in [0.25, 0.3) is 0 Å². The van der Waals surface area contributed by atoms with E-state index >= 15 is 0 Å².